The Balaban J connectivity index is 1.24. The third-order valence-electron chi connectivity index (χ3n) is 8.54. The summed E-state index contributed by atoms with van der Waals surface area (Å²) >= 11 is 0. The minimum Gasteiger partial charge on any atom is -0.339 e. The van der Waals surface area contributed by atoms with E-state index in [1.165, 1.54) is 15.8 Å². The standard InChI is InChI=1S/C30H32N8O3/c1-34-7-10-38-21(17-34)13-28(33-38)32-24-11-20(16-35(2)29(24)40)22-14-31-15-27(23(22)18-39)37-9-8-36-25-6-4-3-5-19(25)12-26(36)30(37)41/h11-16,18H,3-10,17H2,1-2H3,(H,32,33). The van der Waals surface area contributed by atoms with Crippen LogP contribution in [0, 0.1) is 0 Å². The van der Waals surface area contributed by atoms with Gasteiger partial charge in [0, 0.05) is 74.1 Å². The molecule has 6 heterocycles. The van der Waals surface area contributed by atoms with Gasteiger partial charge in [-0.1, -0.05) is 0 Å². The monoisotopic (exact) mass is 552 g/mol. The van der Waals surface area contributed by atoms with E-state index in [4.69, 9.17) is 0 Å². The summed E-state index contributed by atoms with van der Waals surface area (Å²) in [5, 5.41) is 7.82. The number of carbonyl (C=O) groups is 2. The third-order valence-corrected chi connectivity index (χ3v) is 8.54. The lowest BCUT2D eigenvalue weighted by Gasteiger charge is -2.30. The predicted molar refractivity (Wildman–Crippen MR) is 155 cm³/mol. The number of fused-ring (bicyclic) bond motifs is 4. The lowest BCUT2D eigenvalue weighted by molar-refractivity contribution is 0.0964. The molecule has 0 saturated carbocycles. The maximum absolute atomic E-state index is 13.7. The third kappa shape index (κ3) is 4.28. The number of amides is 1. The zero-order valence-electron chi connectivity index (χ0n) is 23.3. The lowest BCUT2D eigenvalue weighted by Crippen LogP contribution is -2.41. The van der Waals surface area contributed by atoms with Crippen LogP contribution in [0.5, 0.6) is 0 Å². The van der Waals surface area contributed by atoms with E-state index in [0.29, 0.717) is 52.7 Å². The Morgan fingerprint density at radius 1 is 0.976 bits per heavy atom. The summed E-state index contributed by atoms with van der Waals surface area (Å²) in [6, 6.07) is 5.70. The van der Waals surface area contributed by atoms with Crippen molar-refractivity contribution in [3.8, 4) is 11.1 Å². The molecule has 2 aliphatic heterocycles. The lowest BCUT2D eigenvalue weighted by atomic mass is 9.98. The maximum atomic E-state index is 13.7. The molecular weight excluding hydrogens is 520 g/mol. The SMILES string of the molecule is CN1CCn2nc(Nc3cc(-c4cncc(N5CCn6c(cc7c6CCCC7)C5=O)c4C=O)cn(C)c3=O)cc2C1. The van der Waals surface area contributed by atoms with E-state index in [0.717, 1.165) is 57.3 Å². The van der Waals surface area contributed by atoms with Crippen LogP contribution in [0.15, 0.2) is 41.6 Å². The highest BCUT2D eigenvalue weighted by Crippen LogP contribution is 2.34. The first kappa shape index (κ1) is 25.5. The van der Waals surface area contributed by atoms with Crippen LogP contribution in [0.3, 0.4) is 0 Å². The maximum Gasteiger partial charge on any atom is 0.275 e. The van der Waals surface area contributed by atoms with E-state index in [-0.39, 0.29) is 11.5 Å². The number of rotatable bonds is 5. The van der Waals surface area contributed by atoms with Gasteiger partial charge in [-0.25, -0.2) is 0 Å². The van der Waals surface area contributed by atoms with Crippen molar-refractivity contribution in [2.24, 2.45) is 7.05 Å². The summed E-state index contributed by atoms with van der Waals surface area (Å²) in [7, 11) is 3.74. The van der Waals surface area contributed by atoms with E-state index in [9.17, 15) is 14.4 Å². The number of pyridine rings is 2. The van der Waals surface area contributed by atoms with Crippen molar-refractivity contribution in [3.63, 3.8) is 0 Å². The Hall–Kier alpha value is -4.51. The number of nitrogens with one attached hydrogen (secondary N) is 1. The molecule has 0 spiro atoms. The molecular formula is C30H32N8O3. The topological polar surface area (TPSA) is 110 Å². The average molecular weight is 553 g/mol. The van der Waals surface area contributed by atoms with Crippen molar-refractivity contribution in [2.45, 2.75) is 45.3 Å². The summed E-state index contributed by atoms with van der Waals surface area (Å²) in [5.74, 6) is 0.474. The Morgan fingerprint density at radius 3 is 2.68 bits per heavy atom. The summed E-state index contributed by atoms with van der Waals surface area (Å²) in [4.78, 5) is 47.7. The molecule has 4 aromatic rings. The average Bonchev–Trinajstić information content (AvgIpc) is 3.56. The van der Waals surface area contributed by atoms with Crippen molar-refractivity contribution < 1.29 is 9.59 Å². The van der Waals surface area contributed by atoms with Gasteiger partial charge in [0.15, 0.2) is 12.1 Å². The number of aryl methyl sites for hydroxylation is 2. The van der Waals surface area contributed by atoms with Crippen molar-refractivity contribution in [2.75, 3.05) is 30.4 Å². The molecule has 41 heavy (non-hydrogen) atoms. The zero-order chi connectivity index (χ0) is 28.2. The molecule has 0 fully saturated rings. The smallest absolute Gasteiger partial charge is 0.275 e. The fourth-order valence-corrected chi connectivity index (χ4v) is 6.44. The van der Waals surface area contributed by atoms with Gasteiger partial charge in [0.1, 0.15) is 11.4 Å². The molecule has 0 atom stereocenters. The molecule has 1 aliphatic carbocycles. The van der Waals surface area contributed by atoms with E-state index >= 15 is 0 Å². The van der Waals surface area contributed by atoms with Gasteiger partial charge in [-0.15, -0.1) is 0 Å². The molecule has 0 unspecified atom stereocenters. The van der Waals surface area contributed by atoms with Gasteiger partial charge in [-0.3, -0.25) is 28.9 Å². The molecule has 11 nitrogen and oxygen atoms in total. The Kier molecular flexibility index (Phi) is 6.11. The highest BCUT2D eigenvalue weighted by Gasteiger charge is 2.32. The number of aromatic nitrogens is 5. The van der Waals surface area contributed by atoms with Crippen LogP contribution >= 0.6 is 0 Å². The summed E-state index contributed by atoms with van der Waals surface area (Å²) < 4.78 is 5.59. The van der Waals surface area contributed by atoms with Crippen molar-refractivity contribution in [3.05, 3.63) is 75.4 Å². The van der Waals surface area contributed by atoms with Crippen LogP contribution in [0.25, 0.3) is 11.1 Å². The first-order valence-electron chi connectivity index (χ1n) is 14.1. The molecule has 3 aliphatic rings. The minimum absolute atomic E-state index is 0.120. The van der Waals surface area contributed by atoms with Crippen LogP contribution in [0.4, 0.5) is 17.2 Å². The Morgan fingerprint density at radius 2 is 1.83 bits per heavy atom. The van der Waals surface area contributed by atoms with Gasteiger partial charge in [0.25, 0.3) is 11.5 Å². The summed E-state index contributed by atoms with van der Waals surface area (Å²) in [6.07, 6.45) is 9.94. The van der Waals surface area contributed by atoms with Gasteiger partial charge < -0.3 is 19.4 Å². The van der Waals surface area contributed by atoms with Crippen LogP contribution < -0.4 is 15.8 Å². The van der Waals surface area contributed by atoms with Crippen LogP contribution in [0.1, 0.15) is 50.6 Å². The molecule has 0 aromatic carbocycles. The van der Waals surface area contributed by atoms with E-state index < -0.39 is 0 Å². The highest BCUT2D eigenvalue weighted by molar-refractivity contribution is 6.09. The fourth-order valence-electron chi connectivity index (χ4n) is 6.44. The number of likely N-dealkylation sites (N-methyl/N-ethyl adjacent to an activating group) is 1. The second-order valence-corrected chi connectivity index (χ2v) is 11.2. The van der Waals surface area contributed by atoms with E-state index in [2.05, 4.69) is 31.9 Å². The van der Waals surface area contributed by atoms with Crippen molar-refractivity contribution in [1.82, 2.24) is 28.8 Å². The molecule has 1 N–H and O–H groups in total. The summed E-state index contributed by atoms with van der Waals surface area (Å²) in [6.45, 7) is 3.62. The molecule has 11 heteroatoms. The number of hydrogen-bond donors (Lipinski definition) is 1. The van der Waals surface area contributed by atoms with E-state index in [1.54, 1.807) is 36.6 Å². The number of anilines is 3. The van der Waals surface area contributed by atoms with Crippen LogP contribution in [-0.4, -0.2) is 61.1 Å². The number of nitrogens with zero attached hydrogens (tertiary/aromatic N) is 7. The molecule has 7 rings (SSSR count). The molecule has 1 amide bonds. The van der Waals surface area contributed by atoms with Gasteiger partial charge >= 0.3 is 0 Å². The van der Waals surface area contributed by atoms with E-state index in [1.807, 2.05) is 16.8 Å². The normalized spacial score (nSPS) is 16.7. The molecule has 4 aromatic heterocycles. The van der Waals surface area contributed by atoms with Gasteiger partial charge in [0.05, 0.1) is 24.1 Å². The Labute approximate surface area is 237 Å². The van der Waals surface area contributed by atoms with Gasteiger partial charge in [0.2, 0.25) is 0 Å². The zero-order valence-corrected chi connectivity index (χ0v) is 23.3. The largest absolute Gasteiger partial charge is 0.339 e. The second kappa shape index (κ2) is 9.84. The molecule has 0 saturated heterocycles. The minimum atomic E-state index is -0.218. The van der Waals surface area contributed by atoms with Crippen molar-refractivity contribution in [1.29, 1.82) is 0 Å². The predicted octanol–water partition coefficient (Wildman–Crippen LogP) is 2.99. The molecule has 0 bridgehead atoms. The molecule has 210 valence electrons. The number of carbonyl (C=O) groups excluding carboxylic acids is 2. The first-order chi connectivity index (χ1) is 19.9. The highest BCUT2D eigenvalue weighted by atomic mass is 16.2. The van der Waals surface area contributed by atoms with Crippen LogP contribution in [-0.2, 0) is 39.5 Å². The fraction of sp³-hybridized carbons (Fsp3) is 0.367. The molecule has 0 radical (unpaired) electrons. The first-order valence-corrected chi connectivity index (χ1v) is 14.1. The van der Waals surface area contributed by atoms with Gasteiger partial charge in [-0.2, -0.15) is 5.10 Å². The van der Waals surface area contributed by atoms with Crippen molar-refractivity contribution >= 4 is 29.4 Å². The van der Waals surface area contributed by atoms with Gasteiger partial charge in [-0.05, 0) is 50.4 Å². The number of hydrogen-bond acceptors (Lipinski definition) is 7. The number of aldehydes is 1. The Bertz CT molecular complexity index is 1760. The second-order valence-electron chi connectivity index (χ2n) is 11.2. The van der Waals surface area contributed by atoms with Crippen LogP contribution in [0.2, 0.25) is 0 Å². The summed E-state index contributed by atoms with van der Waals surface area (Å²) in [5.41, 5.74) is 6.44. The quantitative estimate of drug-likeness (QED) is 0.379.